The van der Waals surface area contributed by atoms with Crippen molar-refractivity contribution in [3.05, 3.63) is 42.0 Å². The van der Waals surface area contributed by atoms with Gasteiger partial charge in [-0.05, 0) is 37.0 Å². The summed E-state index contributed by atoms with van der Waals surface area (Å²) in [5, 5.41) is 0. The lowest BCUT2D eigenvalue weighted by Gasteiger charge is -2.17. The van der Waals surface area contributed by atoms with Crippen LogP contribution in [0.3, 0.4) is 0 Å². The largest absolute Gasteiger partial charge is 0.497 e. The van der Waals surface area contributed by atoms with Crippen molar-refractivity contribution in [2.45, 2.75) is 38.4 Å². The first kappa shape index (κ1) is 13.8. The van der Waals surface area contributed by atoms with Crippen LogP contribution in [0.1, 0.15) is 31.2 Å². The molecule has 1 aliphatic carbocycles. The molecule has 3 nitrogen and oxygen atoms in total. The number of rotatable bonds is 4. The number of hydrogen-bond donors (Lipinski definition) is 0. The Hall–Kier alpha value is -1.61. The van der Waals surface area contributed by atoms with Gasteiger partial charge in [0.1, 0.15) is 11.9 Å². The van der Waals surface area contributed by atoms with Crippen LogP contribution in [0.5, 0.6) is 5.75 Å². The van der Waals surface area contributed by atoms with Crippen molar-refractivity contribution >= 4 is 5.78 Å². The zero-order valence-corrected chi connectivity index (χ0v) is 11.3. The van der Waals surface area contributed by atoms with Gasteiger partial charge in [-0.2, -0.15) is 0 Å². The van der Waals surface area contributed by atoms with Gasteiger partial charge >= 0.3 is 0 Å². The highest BCUT2D eigenvalue weighted by atomic mass is 16.5. The fourth-order valence-electron chi connectivity index (χ4n) is 2.13. The maximum absolute atomic E-state index is 11.9. The number of allylic oxidation sites excluding steroid dienone is 2. The van der Waals surface area contributed by atoms with E-state index >= 15 is 0 Å². The SMILES string of the molecule is COc1ccc(COC2CC/C=C\CCC2=O)cc1. The van der Waals surface area contributed by atoms with Crippen LogP contribution in [-0.4, -0.2) is 19.0 Å². The molecular weight excluding hydrogens is 240 g/mol. The van der Waals surface area contributed by atoms with Crippen LogP contribution in [-0.2, 0) is 16.1 Å². The molecule has 0 heterocycles. The number of ketones is 1. The number of hydrogen-bond acceptors (Lipinski definition) is 3. The van der Waals surface area contributed by atoms with Crippen molar-refractivity contribution in [2.75, 3.05) is 7.11 Å². The van der Waals surface area contributed by atoms with Crippen molar-refractivity contribution < 1.29 is 14.3 Å². The maximum Gasteiger partial charge on any atom is 0.161 e. The Kier molecular flexibility index (Phi) is 5.16. The Morgan fingerprint density at radius 2 is 1.89 bits per heavy atom. The molecule has 1 atom stereocenters. The normalized spacial score (nSPS) is 21.5. The van der Waals surface area contributed by atoms with Gasteiger partial charge in [-0.1, -0.05) is 24.3 Å². The minimum Gasteiger partial charge on any atom is -0.497 e. The van der Waals surface area contributed by atoms with Gasteiger partial charge < -0.3 is 9.47 Å². The summed E-state index contributed by atoms with van der Waals surface area (Å²) in [4.78, 5) is 11.9. The second kappa shape index (κ2) is 7.10. The fraction of sp³-hybridized carbons (Fsp3) is 0.438. The third-order valence-electron chi connectivity index (χ3n) is 3.29. The van der Waals surface area contributed by atoms with E-state index in [2.05, 4.69) is 12.2 Å². The molecule has 102 valence electrons. The number of benzene rings is 1. The third-order valence-corrected chi connectivity index (χ3v) is 3.29. The minimum absolute atomic E-state index is 0.220. The number of ether oxygens (including phenoxy) is 2. The molecule has 0 aliphatic heterocycles. The average Bonchev–Trinajstić information content (AvgIpc) is 2.43. The topological polar surface area (TPSA) is 35.5 Å². The van der Waals surface area contributed by atoms with Crippen LogP contribution in [0.2, 0.25) is 0 Å². The number of methoxy groups -OCH3 is 1. The number of Topliss-reactive ketones (excluding diaryl/α,β-unsaturated/α-hetero) is 1. The van der Waals surface area contributed by atoms with Gasteiger partial charge in [0.05, 0.1) is 13.7 Å². The molecule has 1 aromatic carbocycles. The summed E-state index contributed by atoms with van der Waals surface area (Å²) in [5.41, 5.74) is 1.06. The Morgan fingerprint density at radius 3 is 2.63 bits per heavy atom. The van der Waals surface area contributed by atoms with Gasteiger partial charge in [0.25, 0.3) is 0 Å². The van der Waals surface area contributed by atoms with E-state index in [-0.39, 0.29) is 11.9 Å². The van der Waals surface area contributed by atoms with Gasteiger partial charge in [0.2, 0.25) is 0 Å². The van der Waals surface area contributed by atoms with Crippen LogP contribution < -0.4 is 4.74 Å². The molecular formula is C16H20O3. The van der Waals surface area contributed by atoms with Crippen molar-refractivity contribution in [3.63, 3.8) is 0 Å². The standard InChI is InChI=1S/C16H20O3/c1-18-14-10-8-13(9-11-14)12-19-16-7-5-3-2-4-6-15(16)17/h2-3,8-11,16H,4-7,12H2,1H3/b3-2-. The Bertz CT molecular complexity index is 434. The Morgan fingerprint density at radius 1 is 1.16 bits per heavy atom. The van der Waals surface area contributed by atoms with Crippen molar-refractivity contribution in [3.8, 4) is 5.75 Å². The number of carbonyl (C=O) groups is 1. The molecule has 0 fully saturated rings. The van der Waals surface area contributed by atoms with E-state index in [1.807, 2.05) is 24.3 Å². The van der Waals surface area contributed by atoms with E-state index in [1.165, 1.54) is 0 Å². The van der Waals surface area contributed by atoms with Crippen molar-refractivity contribution in [2.24, 2.45) is 0 Å². The van der Waals surface area contributed by atoms with E-state index in [4.69, 9.17) is 9.47 Å². The fourth-order valence-corrected chi connectivity index (χ4v) is 2.13. The maximum atomic E-state index is 11.9. The lowest BCUT2D eigenvalue weighted by Crippen LogP contribution is -2.24. The van der Waals surface area contributed by atoms with Crippen molar-refractivity contribution in [1.29, 1.82) is 0 Å². The molecule has 0 spiro atoms. The molecule has 2 rings (SSSR count). The van der Waals surface area contributed by atoms with Crippen LogP contribution in [0.25, 0.3) is 0 Å². The van der Waals surface area contributed by atoms with E-state index in [9.17, 15) is 4.79 Å². The molecule has 0 aromatic heterocycles. The summed E-state index contributed by atoms with van der Waals surface area (Å²) < 4.78 is 10.9. The molecule has 19 heavy (non-hydrogen) atoms. The summed E-state index contributed by atoms with van der Waals surface area (Å²) in [5.74, 6) is 1.05. The molecule has 0 amide bonds. The highest BCUT2D eigenvalue weighted by molar-refractivity contribution is 5.83. The van der Waals surface area contributed by atoms with Crippen LogP contribution in [0.15, 0.2) is 36.4 Å². The lowest BCUT2D eigenvalue weighted by atomic mass is 10.0. The highest BCUT2D eigenvalue weighted by Gasteiger charge is 2.18. The van der Waals surface area contributed by atoms with Gasteiger partial charge in [-0.3, -0.25) is 4.79 Å². The Labute approximate surface area is 114 Å². The van der Waals surface area contributed by atoms with E-state index < -0.39 is 0 Å². The summed E-state index contributed by atoms with van der Waals surface area (Å²) >= 11 is 0. The first-order valence-corrected chi connectivity index (χ1v) is 6.72. The molecule has 0 saturated carbocycles. The summed E-state index contributed by atoms with van der Waals surface area (Å²) in [7, 11) is 1.65. The summed E-state index contributed by atoms with van der Waals surface area (Å²) in [6.07, 6.45) is 7.08. The summed E-state index contributed by atoms with van der Waals surface area (Å²) in [6.45, 7) is 0.476. The van der Waals surface area contributed by atoms with Gasteiger partial charge in [0.15, 0.2) is 5.78 Å². The molecule has 0 N–H and O–H groups in total. The molecule has 0 saturated heterocycles. The summed E-state index contributed by atoms with van der Waals surface area (Å²) in [6, 6.07) is 7.74. The molecule has 1 unspecified atom stereocenters. The monoisotopic (exact) mass is 260 g/mol. The zero-order chi connectivity index (χ0) is 13.5. The van der Waals surface area contributed by atoms with Crippen LogP contribution in [0, 0.1) is 0 Å². The Balaban J connectivity index is 1.88. The number of carbonyl (C=O) groups excluding carboxylic acids is 1. The van der Waals surface area contributed by atoms with Gasteiger partial charge in [0, 0.05) is 6.42 Å². The minimum atomic E-state index is -0.257. The second-order valence-electron chi connectivity index (χ2n) is 4.70. The molecule has 0 bridgehead atoms. The first-order valence-electron chi connectivity index (χ1n) is 6.72. The predicted octanol–water partition coefficient (Wildman–Crippen LogP) is 3.28. The molecule has 1 aliphatic rings. The van der Waals surface area contributed by atoms with Gasteiger partial charge in [-0.25, -0.2) is 0 Å². The van der Waals surface area contributed by atoms with Crippen LogP contribution >= 0.6 is 0 Å². The smallest absolute Gasteiger partial charge is 0.161 e. The van der Waals surface area contributed by atoms with Crippen LogP contribution in [0.4, 0.5) is 0 Å². The van der Waals surface area contributed by atoms with E-state index in [0.717, 1.165) is 30.6 Å². The van der Waals surface area contributed by atoms with E-state index in [1.54, 1.807) is 7.11 Å². The third kappa shape index (κ3) is 4.21. The van der Waals surface area contributed by atoms with Crippen molar-refractivity contribution in [1.82, 2.24) is 0 Å². The first-order chi connectivity index (χ1) is 9.29. The quantitative estimate of drug-likeness (QED) is 0.779. The van der Waals surface area contributed by atoms with E-state index in [0.29, 0.717) is 13.0 Å². The predicted molar refractivity (Wildman–Crippen MR) is 74.2 cm³/mol. The zero-order valence-electron chi connectivity index (χ0n) is 11.3. The average molecular weight is 260 g/mol. The second-order valence-corrected chi connectivity index (χ2v) is 4.70. The van der Waals surface area contributed by atoms with Gasteiger partial charge in [-0.15, -0.1) is 0 Å². The highest BCUT2D eigenvalue weighted by Crippen LogP contribution is 2.16. The molecule has 1 aromatic rings. The molecule has 3 heteroatoms. The lowest BCUT2D eigenvalue weighted by molar-refractivity contribution is -0.131. The molecule has 0 radical (unpaired) electrons.